The van der Waals surface area contributed by atoms with E-state index in [0.29, 0.717) is 34.4 Å². The van der Waals surface area contributed by atoms with Crippen LogP contribution in [-0.2, 0) is 19.4 Å². The van der Waals surface area contributed by atoms with Gasteiger partial charge in [-0.15, -0.1) is 11.3 Å². The van der Waals surface area contributed by atoms with Crippen LogP contribution in [0.4, 0.5) is 5.00 Å². The molecule has 0 saturated heterocycles. The minimum absolute atomic E-state index is 0.224. The van der Waals surface area contributed by atoms with Crippen LogP contribution in [0.15, 0.2) is 54.6 Å². The van der Waals surface area contributed by atoms with Crippen LogP contribution in [0.1, 0.15) is 59.1 Å². The fraction of sp³-hybridized carbons (Fsp3) is 0.333. The Morgan fingerprint density at radius 3 is 2.69 bits per heavy atom. The average molecular weight is 445 g/mol. The first kappa shape index (κ1) is 22.1. The van der Waals surface area contributed by atoms with E-state index in [0.717, 1.165) is 30.4 Å². The van der Waals surface area contributed by atoms with E-state index in [1.54, 1.807) is 23.5 Å². The van der Waals surface area contributed by atoms with Gasteiger partial charge >= 0.3 is 0 Å². The summed E-state index contributed by atoms with van der Waals surface area (Å²) in [4.78, 5) is 14.2. The zero-order valence-corrected chi connectivity index (χ0v) is 19.6. The van der Waals surface area contributed by atoms with Crippen molar-refractivity contribution < 1.29 is 9.53 Å². The van der Waals surface area contributed by atoms with Gasteiger partial charge in [-0.05, 0) is 59.9 Å². The smallest absolute Gasteiger partial charge is 0.256 e. The standard InChI is InChI=1S/C27H28N2O2S/c1-27(2,3)20-12-13-22-23(16-28)26(32-24(22)15-20)29-25(30)19-10-7-11-21(14-19)31-17-18-8-5-4-6-9-18/h4-11,14,20H,12-13,15,17H2,1-3H3,(H,29,30)/t20-/m1/s1. The maximum absolute atomic E-state index is 13.0. The molecule has 0 spiro atoms. The molecule has 1 N–H and O–H groups in total. The minimum atomic E-state index is -0.224. The topological polar surface area (TPSA) is 62.1 Å². The highest BCUT2D eigenvalue weighted by molar-refractivity contribution is 7.16. The third-order valence-electron chi connectivity index (χ3n) is 6.17. The van der Waals surface area contributed by atoms with Gasteiger partial charge in [-0.2, -0.15) is 5.26 Å². The number of carbonyl (C=O) groups excluding carboxylic acids is 1. The van der Waals surface area contributed by atoms with E-state index < -0.39 is 0 Å². The normalized spacial score (nSPS) is 15.5. The Kier molecular flexibility index (Phi) is 6.34. The predicted octanol–water partition coefficient (Wildman–Crippen LogP) is 6.60. The number of rotatable bonds is 5. The second-order valence-electron chi connectivity index (χ2n) is 9.38. The molecule has 0 fully saturated rings. The lowest BCUT2D eigenvalue weighted by Gasteiger charge is -2.33. The molecule has 5 heteroatoms. The van der Waals surface area contributed by atoms with Gasteiger partial charge in [0.2, 0.25) is 0 Å². The summed E-state index contributed by atoms with van der Waals surface area (Å²) in [6, 6.07) is 19.4. The minimum Gasteiger partial charge on any atom is -0.489 e. The molecule has 1 atom stereocenters. The Balaban J connectivity index is 1.49. The van der Waals surface area contributed by atoms with Gasteiger partial charge in [0.25, 0.3) is 5.91 Å². The van der Waals surface area contributed by atoms with E-state index in [4.69, 9.17) is 4.74 Å². The highest BCUT2D eigenvalue weighted by Gasteiger charge is 2.32. The van der Waals surface area contributed by atoms with E-state index in [1.165, 1.54) is 4.88 Å². The Hall–Kier alpha value is -3.10. The Labute approximate surface area is 193 Å². The highest BCUT2D eigenvalue weighted by Crippen LogP contribution is 2.44. The number of nitrogens with zero attached hydrogens (tertiary/aromatic N) is 1. The monoisotopic (exact) mass is 444 g/mol. The number of nitrogens with one attached hydrogen (secondary N) is 1. The molecule has 1 amide bonds. The molecular weight excluding hydrogens is 416 g/mol. The summed E-state index contributed by atoms with van der Waals surface area (Å²) in [5, 5.41) is 13.4. The van der Waals surface area contributed by atoms with Gasteiger partial charge in [-0.3, -0.25) is 4.79 Å². The molecule has 0 aliphatic heterocycles. The van der Waals surface area contributed by atoms with Gasteiger partial charge in [0.05, 0.1) is 5.56 Å². The van der Waals surface area contributed by atoms with Crippen LogP contribution in [0.3, 0.4) is 0 Å². The number of amides is 1. The molecule has 0 unspecified atom stereocenters. The van der Waals surface area contributed by atoms with Gasteiger partial charge in [0.1, 0.15) is 23.4 Å². The van der Waals surface area contributed by atoms with Crippen LogP contribution < -0.4 is 10.1 Å². The molecule has 0 radical (unpaired) electrons. The summed E-state index contributed by atoms with van der Waals surface area (Å²) in [6.07, 6.45) is 2.95. The predicted molar refractivity (Wildman–Crippen MR) is 129 cm³/mol. The summed E-state index contributed by atoms with van der Waals surface area (Å²) >= 11 is 1.56. The van der Waals surface area contributed by atoms with E-state index in [9.17, 15) is 10.1 Å². The first-order chi connectivity index (χ1) is 15.3. The molecule has 1 aliphatic rings. The lowest BCUT2D eigenvalue weighted by molar-refractivity contribution is 0.102. The zero-order valence-electron chi connectivity index (χ0n) is 18.8. The fourth-order valence-electron chi connectivity index (χ4n) is 4.17. The second-order valence-corrected chi connectivity index (χ2v) is 10.5. The number of benzene rings is 2. The van der Waals surface area contributed by atoms with Crippen molar-refractivity contribution in [3.8, 4) is 11.8 Å². The first-order valence-corrected chi connectivity index (χ1v) is 11.8. The molecule has 1 aromatic heterocycles. The van der Waals surface area contributed by atoms with Crippen molar-refractivity contribution in [1.29, 1.82) is 5.26 Å². The number of fused-ring (bicyclic) bond motifs is 1. The van der Waals surface area contributed by atoms with Crippen LogP contribution >= 0.6 is 11.3 Å². The molecular formula is C27H28N2O2S. The summed E-state index contributed by atoms with van der Waals surface area (Å²) in [7, 11) is 0. The van der Waals surface area contributed by atoms with E-state index >= 15 is 0 Å². The number of nitriles is 1. The Bertz CT molecular complexity index is 1150. The Morgan fingerprint density at radius 1 is 1.19 bits per heavy atom. The number of ether oxygens (including phenoxy) is 1. The van der Waals surface area contributed by atoms with Crippen molar-refractivity contribution in [1.82, 2.24) is 0 Å². The third kappa shape index (κ3) is 4.87. The van der Waals surface area contributed by atoms with Crippen molar-refractivity contribution in [2.75, 3.05) is 5.32 Å². The van der Waals surface area contributed by atoms with Gasteiger partial charge < -0.3 is 10.1 Å². The third-order valence-corrected chi connectivity index (χ3v) is 7.34. The molecule has 1 aliphatic carbocycles. The molecule has 32 heavy (non-hydrogen) atoms. The number of anilines is 1. The van der Waals surface area contributed by atoms with Crippen LogP contribution in [0, 0.1) is 22.7 Å². The number of hydrogen-bond donors (Lipinski definition) is 1. The molecule has 2 aromatic carbocycles. The largest absolute Gasteiger partial charge is 0.489 e. The first-order valence-electron chi connectivity index (χ1n) is 11.0. The zero-order chi connectivity index (χ0) is 22.7. The van der Waals surface area contributed by atoms with Crippen molar-refractivity contribution in [2.45, 2.75) is 46.6 Å². The van der Waals surface area contributed by atoms with E-state index in [2.05, 4.69) is 32.2 Å². The molecule has 3 aromatic rings. The van der Waals surface area contributed by atoms with Gasteiger partial charge in [-0.25, -0.2) is 0 Å². The van der Waals surface area contributed by atoms with Crippen LogP contribution in [0.25, 0.3) is 0 Å². The maximum atomic E-state index is 13.0. The Morgan fingerprint density at radius 2 is 1.97 bits per heavy atom. The number of carbonyl (C=O) groups is 1. The highest BCUT2D eigenvalue weighted by atomic mass is 32.1. The average Bonchev–Trinajstić information content (AvgIpc) is 3.14. The van der Waals surface area contributed by atoms with E-state index in [-0.39, 0.29) is 11.3 Å². The van der Waals surface area contributed by atoms with Crippen molar-refractivity contribution >= 4 is 22.2 Å². The van der Waals surface area contributed by atoms with Gasteiger partial charge in [0.15, 0.2) is 0 Å². The van der Waals surface area contributed by atoms with Crippen LogP contribution in [0.2, 0.25) is 0 Å². The molecule has 4 rings (SSSR count). The van der Waals surface area contributed by atoms with Gasteiger partial charge in [0, 0.05) is 10.4 Å². The summed E-state index contributed by atoms with van der Waals surface area (Å²) in [6.45, 7) is 7.27. The van der Waals surface area contributed by atoms with Crippen molar-refractivity contribution in [3.63, 3.8) is 0 Å². The summed E-state index contributed by atoms with van der Waals surface area (Å²) < 4.78 is 5.86. The fourth-order valence-corrected chi connectivity index (χ4v) is 5.45. The van der Waals surface area contributed by atoms with Crippen molar-refractivity contribution in [2.24, 2.45) is 11.3 Å². The molecule has 164 valence electrons. The second kappa shape index (κ2) is 9.18. The van der Waals surface area contributed by atoms with E-state index in [1.807, 2.05) is 42.5 Å². The SMILES string of the molecule is CC(C)(C)[C@@H]1CCc2c(sc(NC(=O)c3cccc(OCc4ccccc4)c3)c2C#N)C1. The lowest BCUT2D eigenvalue weighted by atomic mass is 9.72. The lowest BCUT2D eigenvalue weighted by Crippen LogP contribution is -2.26. The maximum Gasteiger partial charge on any atom is 0.256 e. The summed E-state index contributed by atoms with van der Waals surface area (Å²) in [5.74, 6) is 1.00. The van der Waals surface area contributed by atoms with Crippen LogP contribution in [-0.4, -0.2) is 5.91 Å². The van der Waals surface area contributed by atoms with Crippen LogP contribution in [0.5, 0.6) is 5.75 Å². The molecule has 0 saturated carbocycles. The molecule has 1 heterocycles. The number of thiophene rings is 1. The molecule has 0 bridgehead atoms. The van der Waals surface area contributed by atoms with Crippen molar-refractivity contribution in [3.05, 3.63) is 81.7 Å². The van der Waals surface area contributed by atoms with Gasteiger partial charge in [-0.1, -0.05) is 57.2 Å². The summed E-state index contributed by atoms with van der Waals surface area (Å²) in [5.41, 5.74) is 3.56. The number of hydrogen-bond acceptors (Lipinski definition) is 4. The quantitative estimate of drug-likeness (QED) is 0.482. The molecule has 4 nitrogen and oxygen atoms in total.